The van der Waals surface area contributed by atoms with Gasteiger partial charge < -0.3 is 41.3 Å². The summed E-state index contributed by atoms with van der Waals surface area (Å²) in [5.41, 5.74) is 3.79. The lowest BCUT2D eigenvalue weighted by atomic mass is 10.0. The summed E-state index contributed by atoms with van der Waals surface area (Å²) in [5, 5.41) is 46.1. The molecule has 3 rings (SSSR count). The first-order valence-corrected chi connectivity index (χ1v) is 10.6. The van der Waals surface area contributed by atoms with E-state index in [1.54, 1.807) is 31.2 Å². The molecule has 8 N–H and O–H groups in total. The third-order valence-electron chi connectivity index (χ3n) is 4.79. The fourth-order valence-corrected chi connectivity index (χ4v) is 2.42. The van der Waals surface area contributed by atoms with E-state index >= 15 is 0 Å². The standard InChI is InChI=1S/C12H15NO5.C8H4O3.C4H11NO2/c1-12(6-14,7-15)13-10(16)8-4-2-3-5-9(8)11(17)18;9-7-5-3-1-2-4-6(5)8(10)11-7;1-4(5,2-6)3-7/h2-5,14-15H,6-7H2,1H3,(H,13,16)(H,17,18);1-4H;6-7H,2-3,5H2,1H3. The summed E-state index contributed by atoms with van der Waals surface area (Å²) in [7, 11) is 0. The van der Waals surface area contributed by atoms with Crippen molar-refractivity contribution in [2.75, 3.05) is 26.4 Å². The average Bonchev–Trinajstić information content (AvgIpc) is 3.18. The molecule has 1 amide bonds. The Hall–Kier alpha value is -3.68. The van der Waals surface area contributed by atoms with E-state index in [-0.39, 0.29) is 24.3 Å². The normalized spacial score (nSPS) is 12.3. The van der Waals surface area contributed by atoms with Gasteiger partial charge in [0.1, 0.15) is 0 Å². The van der Waals surface area contributed by atoms with Crippen molar-refractivity contribution < 1.29 is 49.4 Å². The topological polar surface area (TPSA) is 217 Å². The summed E-state index contributed by atoms with van der Waals surface area (Å²) in [6.45, 7) is 1.77. The molecule has 0 atom stereocenters. The Balaban J connectivity index is 0.000000304. The van der Waals surface area contributed by atoms with E-state index in [0.717, 1.165) is 0 Å². The number of aliphatic hydroxyl groups is 4. The Bertz CT molecular complexity index is 1040. The fourth-order valence-electron chi connectivity index (χ4n) is 2.42. The van der Waals surface area contributed by atoms with Crippen LogP contribution in [0.25, 0.3) is 0 Å². The number of ether oxygens (including phenoxy) is 1. The van der Waals surface area contributed by atoms with Crippen LogP contribution in [-0.4, -0.2) is 86.9 Å². The fraction of sp³-hybridized carbons (Fsp3) is 0.333. The summed E-state index contributed by atoms with van der Waals surface area (Å²) in [5.74, 6) is -2.97. The molecule has 0 saturated heterocycles. The van der Waals surface area contributed by atoms with E-state index in [9.17, 15) is 19.2 Å². The van der Waals surface area contributed by atoms with Crippen LogP contribution >= 0.6 is 0 Å². The molecule has 0 bridgehead atoms. The highest BCUT2D eigenvalue weighted by atomic mass is 16.6. The predicted molar refractivity (Wildman–Crippen MR) is 126 cm³/mol. The van der Waals surface area contributed by atoms with Crippen molar-refractivity contribution in [1.29, 1.82) is 0 Å². The number of hydrogen-bond donors (Lipinski definition) is 7. The number of carboxylic acid groups (broad SMARTS) is 1. The van der Waals surface area contributed by atoms with Gasteiger partial charge in [-0.05, 0) is 38.1 Å². The molecule has 2 aromatic rings. The number of esters is 2. The number of nitrogens with two attached hydrogens (primary N) is 1. The Labute approximate surface area is 206 Å². The Morgan fingerprint density at radius 2 is 1.22 bits per heavy atom. The molecule has 36 heavy (non-hydrogen) atoms. The molecular formula is C24H30N2O10. The van der Waals surface area contributed by atoms with Gasteiger partial charge in [0.15, 0.2) is 0 Å². The van der Waals surface area contributed by atoms with Crippen LogP contribution in [0.5, 0.6) is 0 Å². The molecule has 0 aliphatic carbocycles. The Morgan fingerprint density at radius 1 is 0.806 bits per heavy atom. The van der Waals surface area contributed by atoms with Gasteiger partial charge in [0, 0.05) is 0 Å². The number of rotatable bonds is 7. The molecule has 2 aromatic carbocycles. The number of fused-ring (bicyclic) bond motifs is 1. The van der Waals surface area contributed by atoms with Crippen LogP contribution in [0.15, 0.2) is 48.5 Å². The zero-order chi connectivity index (χ0) is 27.5. The minimum absolute atomic E-state index is 0.0156. The number of carboxylic acids is 1. The smallest absolute Gasteiger partial charge is 0.346 e. The van der Waals surface area contributed by atoms with Crippen molar-refractivity contribution in [2.24, 2.45) is 5.73 Å². The molecule has 1 aliphatic rings. The molecule has 0 unspecified atom stereocenters. The molecule has 0 radical (unpaired) electrons. The maximum absolute atomic E-state index is 11.9. The summed E-state index contributed by atoms with van der Waals surface area (Å²) < 4.78 is 4.35. The zero-order valence-electron chi connectivity index (χ0n) is 19.8. The zero-order valence-corrected chi connectivity index (χ0v) is 19.8. The second kappa shape index (κ2) is 13.4. The Kier molecular flexibility index (Phi) is 11.3. The van der Waals surface area contributed by atoms with E-state index in [0.29, 0.717) is 11.1 Å². The van der Waals surface area contributed by atoms with E-state index in [1.165, 1.54) is 31.2 Å². The maximum Gasteiger partial charge on any atom is 0.346 e. The average molecular weight is 507 g/mol. The molecule has 0 fully saturated rings. The largest absolute Gasteiger partial charge is 0.478 e. The molecule has 1 aliphatic heterocycles. The van der Waals surface area contributed by atoms with Crippen molar-refractivity contribution in [1.82, 2.24) is 5.32 Å². The highest BCUT2D eigenvalue weighted by Crippen LogP contribution is 2.18. The molecule has 1 heterocycles. The number of carbonyl (C=O) groups is 4. The molecule has 0 saturated carbocycles. The lowest BCUT2D eigenvalue weighted by Gasteiger charge is -2.26. The first-order valence-electron chi connectivity index (χ1n) is 10.6. The maximum atomic E-state index is 11.9. The highest BCUT2D eigenvalue weighted by molar-refractivity contribution is 6.14. The van der Waals surface area contributed by atoms with Gasteiger partial charge in [0.2, 0.25) is 0 Å². The first kappa shape index (κ1) is 30.4. The van der Waals surface area contributed by atoms with Crippen LogP contribution in [0.1, 0.15) is 55.3 Å². The molecule has 0 spiro atoms. The molecule has 0 aromatic heterocycles. The number of aromatic carboxylic acids is 1. The number of cyclic esters (lactones) is 2. The molecule has 196 valence electrons. The van der Waals surface area contributed by atoms with Crippen molar-refractivity contribution >= 4 is 23.8 Å². The van der Waals surface area contributed by atoms with Crippen LogP contribution in [0, 0.1) is 0 Å². The third kappa shape index (κ3) is 8.52. The summed E-state index contributed by atoms with van der Waals surface area (Å²) in [6, 6.07) is 12.3. The SMILES string of the molecule is CC(CO)(CO)NC(=O)c1ccccc1C(=O)O.CC(N)(CO)CO.O=C1OC(=O)c2ccccc21. The van der Waals surface area contributed by atoms with Crippen molar-refractivity contribution in [3.05, 3.63) is 70.8 Å². The Morgan fingerprint density at radius 3 is 1.58 bits per heavy atom. The second-order valence-corrected chi connectivity index (χ2v) is 8.37. The highest BCUT2D eigenvalue weighted by Gasteiger charge is 2.28. The van der Waals surface area contributed by atoms with Crippen LogP contribution in [0.3, 0.4) is 0 Å². The van der Waals surface area contributed by atoms with Crippen LogP contribution in [-0.2, 0) is 4.74 Å². The molecule has 12 nitrogen and oxygen atoms in total. The minimum Gasteiger partial charge on any atom is -0.478 e. The quantitative estimate of drug-likeness (QED) is 0.188. The number of benzene rings is 2. The minimum atomic E-state index is -1.21. The second-order valence-electron chi connectivity index (χ2n) is 8.37. The van der Waals surface area contributed by atoms with E-state index < -0.39 is 48.1 Å². The van der Waals surface area contributed by atoms with Crippen LogP contribution in [0.2, 0.25) is 0 Å². The van der Waals surface area contributed by atoms with Crippen LogP contribution in [0.4, 0.5) is 0 Å². The number of carbonyl (C=O) groups excluding carboxylic acids is 3. The van der Waals surface area contributed by atoms with Gasteiger partial charge in [-0.25, -0.2) is 14.4 Å². The summed E-state index contributed by atoms with van der Waals surface area (Å²) >= 11 is 0. The monoisotopic (exact) mass is 506 g/mol. The third-order valence-corrected chi connectivity index (χ3v) is 4.79. The van der Waals surface area contributed by atoms with Gasteiger partial charge in [-0.15, -0.1) is 0 Å². The number of amides is 1. The van der Waals surface area contributed by atoms with E-state index in [4.69, 9.17) is 31.3 Å². The van der Waals surface area contributed by atoms with E-state index in [2.05, 4.69) is 10.1 Å². The number of aliphatic hydroxyl groups excluding tert-OH is 4. The van der Waals surface area contributed by atoms with E-state index in [1.807, 2.05) is 0 Å². The first-order chi connectivity index (χ1) is 16.8. The van der Waals surface area contributed by atoms with Gasteiger partial charge >= 0.3 is 17.9 Å². The number of hydrogen-bond acceptors (Lipinski definition) is 10. The van der Waals surface area contributed by atoms with Gasteiger partial charge in [-0.3, -0.25) is 4.79 Å². The number of nitrogens with one attached hydrogen (secondary N) is 1. The molecule has 12 heteroatoms. The molecular weight excluding hydrogens is 476 g/mol. The van der Waals surface area contributed by atoms with Crippen LogP contribution < -0.4 is 11.1 Å². The van der Waals surface area contributed by atoms with Gasteiger partial charge in [-0.1, -0.05) is 24.3 Å². The van der Waals surface area contributed by atoms with Gasteiger partial charge in [-0.2, -0.15) is 0 Å². The van der Waals surface area contributed by atoms with Crippen molar-refractivity contribution in [2.45, 2.75) is 24.9 Å². The van der Waals surface area contributed by atoms with Crippen molar-refractivity contribution in [3.63, 3.8) is 0 Å². The lowest BCUT2D eigenvalue weighted by Crippen LogP contribution is -2.52. The summed E-state index contributed by atoms with van der Waals surface area (Å²) in [6.07, 6.45) is 0. The van der Waals surface area contributed by atoms with Crippen molar-refractivity contribution in [3.8, 4) is 0 Å². The van der Waals surface area contributed by atoms with Gasteiger partial charge in [0.25, 0.3) is 5.91 Å². The van der Waals surface area contributed by atoms with Gasteiger partial charge in [0.05, 0.1) is 59.8 Å². The lowest BCUT2D eigenvalue weighted by molar-refractivity contribution is 0.0442. The summed E-state index contributed by atoms with van der Waals surface area (Å²) in [4.78, 5) is 44.5. The predicted octanol–water partition coefficient (Wildman–Crippen LogP) is -0.456.